The van der Waals surface area contributed by atoms with Crippen molar-refractivity contribution < 1.29 is 27.9 Å². The molecule has 0 aliphatic rings. The quantitative estimate of drug-likeness (QED) is 0.572. The van der Waals surface area contributed by atoms with Gasteiger partial charge in [-0.15, -0.1) is 10.2 Å². The number of carbonyl (C=O) groups is 2. The number of alkyl halides is 3. The molecule has 0 radical (unpaired) electrons. The van der Waals surface area contributed by atoms with Crippen molar-refractivity contribution in [1.29, 1.82) is 0 Å². The van der Waals surface area contributed by atoms with E-state index < -0.39 is 35.2 Å². The maximum absolute atomic E-state index is 13.7. The fourth-order valence-electron chi connectivity index (χ4n) is 2.78. The molecule has 0 aliphatic heterocycles. The fourth-order valence-corrected chi connectivity index (χ4v) is 3.76. The third kappa shape index (κ3) is 4.40. The Morgan fingerprint density at radius 2 is 1.77 bits per heavy atom. The van der Waals surface area contributed by atoms with Crippen LogP contribution in [0.25, 0.3) is 16.5 Å². The van der Waals surface area contributed by atoms with Crippen LogP contribution in [0.1, 0.15) is 19.7 Å². The van der Waals surface area contributed by atoms with E-state index in [2.05, 4.69) is 15.5 Å². The summed E-state index contributed by atoms with van der Waals surface area (Å²) in [4.78, 5) is 23.1. The number of hydrogen-bond acceptors (Lipinski definition) is 5. The van der Waals surface area contributed by atoms with E-state index in [4.69, 9.17) is 5.11 Å². The SMILES string of the molecule is CC(C)(Sc1nnc(C(F)(F)F)n1-c1cccc2ccccc12)C(=O)NCC(=O)O. The zero-order valence-corrected chi connectivity index (χ0v) is 16.7. The highest BCUT2D eigenvalue weighted by atomic mass is 32.2. The molecule has 158 valence electrons. The minimum Gasteiger partial charge on any atom is -0.480 e. The van der Waals surface area contributed by atoms with Gasteiger partial charge in [0.15, 0.2) is 5.16 Å². The third-order valence-electron chi connectivity index (χ3n) is 4.19. The molecular formula is C19H17F3N4O3S. The normalized spacial score (nSPS) is 12.2. The predicted molar refractivity (Wildman–Crippen MR) is 104 cm³/mol. The Bertz CT molecular complexity index is 1110. The lowest BCUT2D eigenvalue weighted by atomic mass is 10.1. The fraction of sp³-hybridized carbons (Fsp3) is 0.263. The van der Waals surface area contributed by atoms with E-state index in [0.717, 1.165) is 21.7 Å². The first kappa shape index (κ1) is 21.6. The maximum atomic E-state index is 13.7. The van der Waals surface area contributed by atoms with Crippen LogP contribution < -0.4 is 5.32 Å². The first-order valence-corrected chi connectivity index (χ1v) is 9.52. The summed E-state index contributed by atoms with van der Waals surface area (Å²) >= 11 is 0.757. The zero-order valence-electron chi connectivity index (χ0n) is 15.9. The van der Waals surface area contributed by atoms with Gasteiger partial charge in [-0.2, -0.15) is 13.2 Å². The second-order valence-corrected chi connectivity index (χ2v) is 8.42. The monoisotopic (exact) mass is 438 g/mol. The molecule has 2 N–H and O–H groups in total. The summed E-state index contributed by atoms with van der Waals surface area (Å²) in [5, 5.41) is 19.1. The molecule has 0 saturated heterocycles. The number of aromatic nitrogens is 3. The molecular weight excluding hydrogens is 421 g/mol. The Kier molecular flexibility index (Phi) is 5.75. The van der Waals surface area contributed by atoms with Crippen molar-refractivity contribution in [3.8, 4) is 5.69 Å². The summed E-state index contributed by atoms with van der Waals surface area (Å²) in [7, 11) is 0. The molecule has 7 nitrogen and oxygen atoms in total. The highest BCUT2D eigenvalue weighted by molar-refractivity contribution is 8.01. The van der Waals surface area contributed by atoms with Gasteiger partial charge in [-0.25, -0.2) is 0 Å². The van der Waals surface area contributed by atoms with Gasteiger partial charge in [-0.3, -0.25) is 14.2 Å². The standard InChI is InChI=1S/C19H17F3N4O3S/c1-18(2,16(29)23-10-14(27)28)30-17-25-24-15(19(20,21)22)26(17)13-9-5-7-11-6-3-4-8-12(11)13/h3-9H,10H2,1-2H3,(H,23,29)(H,27,28). The van der Waals surface area contributed by atoms with E-state index >= 15 is 0 Å². The van der Waals surface area contributed by atoms with Crippen LogP contribution in [0.4, 0.5) is 13.2 Å². The van der Waals surface area contributed by atoms with Crippen LogP contribution in [-0.2, 0) is 15.8 Å². The third-order valence-corrected chi connectivity index (χ3v) is 5.33. The Hall–Kier alpha value is -3.08. The first-order chi connectivity index (χ1) is 14.0. The van der Waals surface area contributed by atoms with Gasteiger partial charge >= 0.3 is 12.1 Å². The molecule has 0 aliphatic carbocycles. The number of benzene rings is 2. The molecule has 0 atom stereocenters. The van der Waals surface area contributed by atoms with Crippen LogP contribution in [0.5, 0.6) is 0 Å². The number of nitrogens with one attached hydrogen (secondary N) is 1. The number of fused-ring (bicyclic) bond motifs is 1. The molecule has 0 spiro atoms. The number of nitrogens with zero attached hydrogens (tertiary/aromatic N) is 3. The number of halogens is 3. The summed E-state index contributed by atoms with van der Waals surface area (Å²) in [6.07, 6.45) is -4.78. The number of hydrogen-bond donors (Lipinski definition) is 2. The Labute approximate surface area is 173 Å². The van der Waals surface area contributed by atoms with Gasteiger partial charge in [-0.05, 0) is 25.3 Å². The lowest BCUT2D eigenvalue weighted by Gasteiger charge is -2.23. The van der Waals surface area contributed by atoms with E-state index in [1.165, 1.54) is 19.9 Å². The predicted octanol–water partition coefficient (Wildman–Crippen LogP) is 3.51. The average Bonchev–Trinajstić information content (AvgIpc) is 3.08. The Morgan fingerprint density at radius 3 is 2.43 bits per heavy atom. The summed E-state index contributed by atoms with van der Waals surface area (Å²) in [5.41, 5.74) is 0.217. The molecule has 0 fully saturated rings. The van der Waals surface area contributed by atoms with Crippen molar-refractivity contribution in [2.75, 3.05) is 6.54 Å². The Morgan fingerprint density at radius 1 is 1.10 bits per heavy atom. The number of aliphatic carboxylic acids is 1. The molecule has 1 aromatic heterocycles. The highest BCUT2D eigenvalue weighted by Crippen LogP contribution is 2.38. The van der Waals surface area contributed by atoms with Gasteiger partial charge in [0.1, 0.15) is 6.54 Å². The molecule has 3 rings (SSSR count). The zero-order chi connectivity index (χ0) is 22.1. The Balaban J connectivity index is 2.10. The van der Waals surface area contributed by atoms with Gasteiger partial charge in [0.05, 0.1) is 10.4 Å². The molecule has 1 amide bonds. The van der Waals surface area contributed by atoms with E-state index in [1.807, 2.05) is 0 Å². The number of rotatable bonds is 6. The van der Waals surface area contributed by atoms with Gasteiger partial charge < -0.3 is 10.4 Å². The number of thioether (sulfide) groups is 1. The van der Waals surface area contributed by atoms with E-state index in [9.17, 15) is 22.8 Å². The lowest BCUT2D eigenvalue weighted by molar-refractivity contribution is -0.146. The second kappa shape index (κ2) is 7.98. The van der Waals surface area contributed by atoms with Gasteiger partial charge in [-0.1, -0.05) is 48.2 Å². The van der Waals surface area contributed by atoms with Crippen molar-refractivity contribution in [2.24, 2.45) is 0 Å². The van der Waals surface area contributed by atoms with Crippen molar-refractivity contribution in [1.82, 2.24) is 20.1 Å². The minimum absolute atomic E-state index is 0.144. The lowest BCUT2D eigenvalue weighted by Crippen LogP contribution is -2.42. The van der Waals surface area contributed by atoms with E-state index in [0.29, 0.717) is 5.39 Å². The van der Waals surface area contributed by atoms with Crippen LogP contribution in [0.15, 0.2) is 47.6 Å². The molecule has 11 heteroatoms. The largest absolute Gasteiger partial charge is 0.480 e. The summed E-state index contributed by atoms with van der Waals surface area (Å²) < 4.78 is 40.6. The van der Waals surface area contributed by atoms with Crippen molar-refractivity contribution >= 4 is 34.4 Å². The van der Waals surface area contributed by atoms with Crippen LogP contribution >= 0.6 is 11.8 Å². The summed E-state index contributed by atoms with van der Waals surface area (Å²) in [6, 6.07) is 11.8. The van der Waals surface area contributed by atoms with Gasteiger partial charge in [0.2, 0.25) is 11.7 Å². The minimum atomic E-state index is -4.78. The number of carbonyl (C=O) groups excluding carboxylic acids is 1. The van der Waals surface area contributed by atoms with Crippen molar-refractivity contribution in [3.05, 3.63) is 48.3 Å². The summed E-state index contributed by atoms with van der Waals surface area (Å²) in [5.74, 6) is -3.11. The number of carboxylic acids is 1. The smallest absolute Gasteiger partial charge is 0.452 e. The van der Waals surface area contributed by atoms with Gasteiger partial charge in [0, 0.05) is 5.39 Å². The van der Waals surface area contributed by atoms with Crippen LogP contribution in [0.2, 0.25) is 0 Å². The van der Waals surface area contributed by atoms with Crippen LogP contribution in [0.3, 0.4) is 0 Å². The first-order valence-electron chi connectivity index (χ1n) is 8.70. The molecule has 3 aromatic rings. The molecule has 0 bridgehead atoms. The molecule has 0 unspecified atom stereocenters. The van der Waals surface area contributed by atoms with Crippen LogP contribution in [0, 0.1) is 0 Å². The van der Waals surface area contributed by atoms with E-state index in [-0.39, 0.29) is 10.8 Å². The second-order valence-electron chi connectivity index (χ2n) is 6.83. The molecule has 0 saturated carbocycles. The molecule has 2 aromatic carbocycles. The summed E-state index contributed by atoms with van der Waals surface area (Å²) in [6.45, 7) is 2.32. The topological polar surface area (TPSA) is 97.1 Å². The highest BCUT2D eigenvalue weighted by Gasteiger charge is 2.41. The number of amides is 1. The van der Waals surface area contributed by atoms with Crippen molar-refractivity contribution in [2.45, 2.75) is 29.9 Å². The van der Waals surface area contributed by atoms with E-state index in [1.54, 1.807) is 36.4 Å². The van der Waals surface area contributed by atoms with Crippen LogP contribution in [-0.4, -0.2) is 43.0 Å². The molecule has 30 heavy (non-hydrogen) atoms. The van der Waals surface area contributed by atoms with Gasteiger partial charge in [0.25, 0.3) is 0 Å². The number of carboxylic acid groups (broad SMARTS) is 1. The maximum Gasteiger partial charge on any atom is 0.452 e. The molecule has 1 heterocycles. The average molecular weight is 438 g/mol. The van der Waals surface area contributed by atoms with Crippen molar-refractivity contribution in [3.63, 3.8) is 0 Å².